The molecule has 1 amide bonds. The van der Waals surface area contributed by atoms with Crippen LogP contribution in [-0.4, -0.2) is 36.6 Å². The van der Waals surface area contributed by atoms with Crippen LogP contribution in [0.3, 0.4) is 0 Å². The summed E-state index contributed by atoms with van der Waals surface area (Å²) in [4.78, 5) is 14.4. The highest BCUT2D eigenvalue weighted by atomic mass is 16.5. The van der Waals surface area contributed by atoms with Gasteiger partial charge in [-0.3, -0.25) is 4.79 Å². The van der Waals surface area contributed by atoms with Crippen LogP contribution >= 0.6 is 0 Å². The van der Waals surface area contributed by atoms with Gasteiger partial charge in [0.15, 0.2) is 0 Å². The molecular formula is C18H22N2O2. The Bertz CT molecular complexity index is 672. The molecule has 1 fully saturated rings. The fourth-order valence-electron chi connectivity index (χ4n) is 3.09. The fraction of sp³-hybridized carbons (Fsp3) is 0.389. The van der Waals surface area contributed by atoms with Crippen LogP contribution in [0.4, 0.5) is 0 Å². The van der Waals surface area contributed by atoms with E-state index in [1.54, 1.807) is 4.90 Å². The number of carbonyl (C=O) groups excluding carboxylic acids is 1. The Balaban J connectivity index is 1.81. The van der Waals surface area contributed by atoms with Crippen molar-refractivity contribution < 1.29 is 9.53 Å². The van der Waals surface area contributed by atoms with Gasteiger partial charge in [-0.2, -0.15) is 0 Å². The number of amides is 1. The Morgan fingerprint density at radius 2 is 1.86 bits per heavy atom. The number of nitrogens with two attached hydrogens (primary N) is 1. The molecule has 1 saturated heterocycles. The normalized spacial score (nSPS) is 17.4. The van der Waals surface area contributed by atoms with E-state index in [4.69, 9.17) is 10.5 Å². The molecule has 0 aromatic heterocycles. The number of fused-ring (bicyclic) bond motifs is 1. The maximum Gasteiger partial charge on any atom is 0.242 e. The van der Waals surface area contributed by atoms with Gasteiger partial charge in [0.05, 0.1) is 5.54 Å². The van der Waals surface area contributed by atoms with Crippen molar-refractivity contribution in [3.05, 3.63) is 48.0 Å². The lowest BCUT2D eigenvalue weighted by Gasteiger charge is -2.35. The van der Waals surface area contributed by atoms with E-state index in [1.165, 1.54) is 10.8 Å². The SMILES string of the molecule is CN(Cc1cccc2ccccc12)C(=O)C1(N)CCOCC1. The first-order valence-electron chi connectivity index (χ1n) is 7.69. The molecule has 0 atom stereocenters. The number of hydrogen-bond donors (Lipinski definition) is 1. The van der Waals surface area contributed by atoms with Gasteiger partial charge in [-0.15, -0.1) is 0 Å². The third kappa shape index (κ3) is 2.85. The molecule has 3 rings (SSSR count). The van der Waals surface area contributed by atoms with Crippen molar-refractivity contribution in [2.75, 3.05) is 20.3 Å². The summed E-state index contributed by atoms with van der Waals surface area (Å²) in [6.07, 6.45) is 1.18. The zero-order chi connectivity index (χ0) is 15.6. The monoisotopic (exact) mass is 298 g/mol. The van der Waals surface area contributed by atoms with E-state index in [-0.39, 0.29) is 5.91 Å². The zero-order valence-corrected chi connectivity index (χ0v) is 12.9. The van der Waals surface area contributed by atoms with Gasteiger partial charge in [-0.25, -0.2) is 0 Å². The highest BCUT2D eigenvalue weighted by Gasteiger charge is 2.37. The average molecular weight is 298 g/mol. The Hall–Kier alpha value is -1.91. The summed E-state index contributed by atoms with van der Waals surface area (Å²) >= 11 is 0. The second-order valence-electron chi connectivity index (χ2n) is 6.07. The van der Waals surface area contributed by atoms with Crippen molar-refractivity contribution in [2.24, 2.45) is 5.73 Å². The van der Waals surface area contributed by atoms with Gasteiger partial charge in [0, 0.05) is 26.8 Å². The summed E-state index contributed by atoms with van der Waals surface area (Å²) in [6.45, 7) is 1.69. The maximum absolute atomic E-state index is 12.7. The summed E-state index contributed by atoms with van der Waals surface area (Å²) in [5.41, 5.74) is 6.66. The molecule has 0 radical (unpaired) electrons. The second kappa shape index (κ2) is 6.07. The van der Waals surface area contributed by atoms with Gasteiger partial charge in [-0.05, 0) is 29.2 Å². The van der Waals surface area contributed by atoms with E-state index in [0.29, 0.717) is 32.6 Å². The lowest BCUT2D eigenvalue weighted by Crippen LogP contribution is -2.57. The maximum atomic E-state index is 12.7. The lowest BCUT2D eigenvalue weighted by molar-refractivity contribution is -0.139. The van der Waals surface area contributed by atoms with Crippen LogP contribution < -0.4 is 5.73 Å². The Morgan fingerprint density at radius 3 is 2.64 bits per heavy atom. The fourth-order valence-corrected chi connectivity index (χ4v) is 3.09. The second-order valence-corrected chi connectivity index (χ2v) is 6.07. The number of likely N-dealkylation sites (N-methyl/N-ethyl adjacent to an activating group) is 1. The van der Waals surface area contributed by atoms with Crippen LogP contribution in [0.25, 0.3) is 10.8 Å². The van der Waals surface area contributed by atoms with Crippen molar-refractivity contribution in [2.45, 2.75) is 24.9 Å². The highest BCUT2D eigenvalue weighted by Crippen LogP contribution is 2.23. The third-order valence-corrected chi connectivity index (χ3v) is 4.45. The topological polar surface area (TPSA) is 55.6 Å². The first kappa shape index (κ1) is 15.0. The molecule has 0 saturated carbocycles. The van der Waals surface area contributed by atoms with Gasteiger partial charge in [-0.1, -0.05) is 42.5 Å². The molecular weight excluding hydrogens is 276 g/mol. The lowest BCUT2D eigenvalue weighted by atomic mass is 9.89. The molecule has 0 aliphatic carbocycles. The van der Waals surface area contributed by atoms with Crippen molar-refractivity contribution in [3.8, 4) is 0 Å². The van der Waals surface area contributed by atoms with Gasteiger partial charge in [0.1, 0.15) is 0 Å². The number of rotatable bonds is 3. The van der Waals surface area contributed by atoms with E-state index in [2.05, 4.69) is 24.3 Å². The predicted octanol–water partition coefficient (Wildman–Crippen LogP) is 2.31. The minimum Gasteiger partial charge on any atom is -0.381 e. The standard InChI is InChI=1S/C18H22N2O2/c1-20(17(21)18(19)9-11-22-12-10-18)13-15-7-4-6-14-5-2-3-8-16(14)15/h2-8H,9-13,19H2,1H3. The molecule has 2 aromatic rings. The largest absolute Gasteiger partial charge is 0.381 e. The molecule has 4 nitrogen and oxygen atoms in total. The van der Waals surface area contributed by atoms with Crippen LogP contribution in [0.2, 0.25) is 0 Å². The minimum absolute atomic E-state index is 0.00346. The molecule has 0 bridgehead atoms. The van der Waals surface area contributed by atoms with Crippen LogP contribution in [0, 0.1) is 0 Å². The third-order valence-electron chi connectivity index (χ3n) is 4.45. The molecule has 0 spiro atoms. The summed E-state index contributed by atoms with van der Waals surface area (Å²) < 4.78 is 5.32. The number of benzene rings is 2. The average Bonchev–Trinajstić information content (AvgIpc) is 2.55. The Labute approximate surface area is 130 Å². The smallest absolute Gasteiger partial charge is 0.242 e. The van der Waals surface area contributed by atoms with Crippen LogP contribution in [0.15, 0.2) is 42.5 Å². The Kier molecular flexibility index (Phi) is 4.14. The zero-order valence-electron chi connectivity index (χ0n) is 12.9. The molecule has 22 heavy (non-hydrogen) atoms. The van der Waals surface area contributed by atoms with E-state index >= 15 is 0 Å². The first-order valence-corrected chi connectivity index (χ1v) is 7.69. The van der Waals surface area contributed by atoms with Crippen LogP contribution in [0.5, 0.6) is 0 Å². The molecule has 116 valence electrons. The number of carbonyl (C=O) groups is 1. The van der Waals surface area contributed by atoms with Crippen molar-refractivity contribution in [1.29, 1.82) is 0 Å². The molecule has 1 aliphatic rings. The summed E-state index contributed by atoms with van der Waals surface area (Å²) in [6, 6.07) is 14.4. The van der Waals surface area contributed by atoms with E-state index < -0.39 is 5.54 Å². The summed E-state index contributed by atoms with van der Waals surface area (Å²) in [7, 11) is 1.83. The van der Waals surface area contributed by atoms with Gasteiger partial charge >= 0.3 is 0 Å². The van der Waals surface area contributed by atoms with Gasteiger partial charge < -0.3 is 15.4 Å². The Morgan fingerprint density at radius 1 is 1.18 bits per heavy atom. The predicted molar refractivity (Wildman–Crippen MR) is 87.4 cm³/mol. The molecule has 2 N–H and O–H groups in total. The van der Waals surface area contributed by atoms with E-state index in [1.807, 2.05) is 25.2 Å². The molecule has 2 aromatic carbocycles. The van der Waals surface area contributed by atoms with Crippen molar-refractivity contribution >= 4 is 16.7 Å². The van der Waals surface area contributed by atoms with E-state index in [9.17, 15) is 4.79 Å². The molecule has 1 aliphatic heterocycles. The number of nitrogens with zero attached hydrogens (tertiary/aromatic N) is 1. The highest BCUT2D eigenvalue weighted by molar-refractivity contribution is 5.88. The first-order chi connectivity index (χ1) is 10.6. The number of hydrogen-bond acceptors (Lipinski definition) is 3. The summed E-state index contributed by atoms with van der Waals surface area (Å²) in [5.74, 6) is 0.00346. The van der Waals surface area contributed by atoms with Gasteiger partial charge in [0.25, 0.3) is 0 Å². The number of ether oxygens (including phenoxy) is 1. The van der Waals surface area contributed by atoms with Crippen LogP contribution in [-0.2, 0) is 16.1 Å². The van der Waals surface area contributed by atoms with E-state index in [0.717, 1.165) is 5.56 Å². The minimum atomic E-state index is -0.780. The van der Waals surface area contributed by atoms with Crippen molar-refractivity contribution in [1.82, 2.24) is 4.90 Å². The van der Waals surface area contributed by atoms with Crippen molar-refractivity contribution in [3.63, 3.8) is 0 Å². The van der Waals surface area contributed by atoms with Gasteiger partial charge in [0.2, 0.25) is 5.91 Å². The molecule has 0 unspecified atom stereocenters. The van der Waals surface area contributed by atoms with Crippen LogP contribution in [0.1, 0.15) is 18.4 Å². The molecule has 4 heteroatoms. The molecule has 1 heterocycles. The summed E-state index contributed by atoms with van der Waals surface area (Å²) in [5, 5.41) is 2.37. The quantitative estimate of drug-likeness (QED) is 0.946.